The molecule has 19 nitrogen and oxygen atoms in total. The second-order valence-electron chi connectivity index (χ2n) is 17.6. The molecule has 2 aromatic rings. The molecular formula is C43H51BrN3O16P. The van der Waals surface area contributed by atoms with Crippen LogP contribution in [0.5, 0.6) is 0 Å². The van der Waals surface area contributed by atoms with E-state index in [-0.39, 0.29) is 53.8 Å². The summed E-state index contributed by atoms with van der Waals surface area (Å²) in [5, 5.41) is 38.8. The zero-order valence-electron chi connectivity index (χ0n) is 35.0. The normalized spacial score (nSPS) is 30.9. The number of alkyl halides is 1. The van der Waals surface area contributed by atoms with Crippen molar-refractivity contribution in [2.24, 2.45) is 28.6 Å². The summed E-state index contributed by atoms with van der Waals surface area (Å²) in [5.41, 5.74) is -1.01. The summed E-state index contributed by atoms with van der Waals surface area (Å²) in [6.07, 6.45) is 4.55. The molecule has 0 unspecified atom stereocenters. The zero-order valence-corrected chi connectivity index (χ0v) is 37.5. The molecule has 4 aliphatic carbocycles. The summed E-state index contributed by atoms with van der Waals surface area (Å²) in [4.78, 5) is 94.7. The number of Topliss-reactive ketones (excluding diaryl/α,β-unsaturated/α-hetero) is 1. The van der Waals surface area contributed by atoms with E-state index in [9.17, 15) is 58.4 Å². The maximum atomic E-state index is 14.4. The van der Waals surface area contributed by atoms with Crippen molar-refractivity contribution in [2.75, 3.05) is 23.8 Å². The number of phosphoric ester groups is 1. The fourth-order valence-electron chi connectivity index (χ4n) is 11.0. The van der Waals surface area contributed by atoms with Crippen LogP contribution in [0, 0.1) is 28.6 Å². The highest BCUT2D eigenvalue weighted by molar-refractivity contribution is 9.09. The quantitative estimate of drug-likeness (QED) is 0.0835. The maximum Gasteiger partial charge on any atom is 0.470 e. The standard InChI is InChI=1S/C43H51BrN3O16P/c1-41-10-9-26(49)14-25(41)5-6-28-29-15-34-43(33(51)21-61-64(57,58)59,42(29,2)16-32(50)38(28)41)63-40(62-34)24-13-27(60-20-24)11-22-3-4-23(19-48)31(12-22)47-39(56)30(7-8-37(54)55)46-36(53)18-45-35(52)17-44/h3-4,9-10,12-14,20,28-30,32,34,38,40,48,50H,5-8,11,15-19,21H2,1-2H3,(H,45,52)(H,46,53)(H,47,56)(H,54,55)(H2,57,58,59)/t28-,29-,30-,32-,34+,38+,40+,41-,42-,43+/m0/s1. The molecule has 64 heavy (non-hydrogen) atoms. The lowest BCUT2D eigenvalue weighted by atomic mass is 9.46. The lowest BCUT2D eigenvalue weighted by molar-refractivity contribution is -0.201. The smallest absolute Gasteiger partial charge is 0.470 e. The molecule has 1 aliphatic heterocycles. The van der Waals surface area contributed by atoms with Gasteiger partial charge in [0.25, 0.3) is 0 Å². The summed E-state index contributed by atoms with van der Waals surface area (Å²) in [7, 11) is -5.08. The van der Waals surface area contributed by atoms with Gasteiger partial charge < -0.3 is 54.9 Å². The number of hydrogen-bond acceptors (Lipinski definition) is 13. The first-order valence-electron chi connectivity index (χ1n) is 20.8. The van der Waals surface area contributed by atoms with Gasteiger partial charge in [0.2, 0.25) is 17.7 Å². The van der Waals surface area contributed by atoms with Crippen molar-refractivity contribution in [1.82, 2.24) is 10.6 Å². The predicted molar refractivity (Wildman–Crippen MR) is 226 cm³/mol. The van der Waals surface area contributed by atoms with Crippen LogP contribution in [-0.2, 0) is 60.4 Å². The molecule has 5 aliphatic rings. The van der Waals surface area contributed by atoms with Crippen molar-refractivity contribution in [3.05, 3.63) is 76.8 Å². The molecule has 21 heteroatoms. The molecule has 0 bridgehead atoms. The van der Waals surface area contributed by atoms with E-state index in [1.807, 2.05) is 19.9 Å². The Morgan fingerprint density at radius 2 is 1.88 bits per heavy atom. The number of phosphoric acid groups is 1. The molecule has 7 rings (SSSR count). The number of hydrogen-bond donors (Lipinski definition) is 8. The summed E-state index contributed by atoms with van der Waals surface area (Å²) in [6, 6.07) is 5.19. The number of furan rings is 1. The average Bonchev–Trinajstić information content (AvgIpc) is 3.93. The molecule has 1 aromatic carbocycles. The van der Waals surface area contributed by atoms with Gasteiger partial charge in [-0.2, -0.15) is 0 Å². The van der Waals surface area contributed by atoms with Crippen LogP contribution in [0.3, 0.4) is 0 Å². The van der Waals surface area contributed by atoms with E-state index in [1.165, 1.54) is 12.3 Å². The number of carbonyl (C=O) groups excluding carboxylic acids is 5. The van der Waals surface area contributed by atoms with Crippen LogP contribution in [0.4, 0.5) is 5.69 Å². The molecule has 0 spiro atoms. The summed E-state index contributed by atoms with van der Waals surface area (Å²) >= 11 is 2.97. The number of anilines is 1. The summed E-state index contributed by atoms with van der Waals surface area (Å²) in [5.74, 6) is -4.21. The number of carboxylic acids is 1. The Hall–Kier alpha value is -4.37. The van der Waals surface area contributed by atoms with Gasteiger partial charge in [-0.1, -0.05) is 53.6 Å². The number of ketones is 2. The van der Waals surface area contributed by atoms with E-state index in [1.54, 1.807) is 30.3 Å². The van der Waals surface area contributed by atoms with Crippen molar-refractivity contribution in [2.45, 2.75) is 95.5 Å². The van der Waals surface area contributed by atoms with Gasteiger partial charge in [0.05, 0.1) is 37.0 Å². The van der Waals surface area contributed by atoms with Gasteiger partial charge in [-0.3, -0.25) is 33.3 Å². The van der Waals surface area contributed by atoms with E-state index in [0.717, 1.165) is 5.57 Å². The number of carbonyl (C=O) groups is 6. The first-order chi connectivity index (χ1) is 30.2. The topological polar surface area (TPSA) is 298 Å². The highest BCUT2D eigenvalue weighted by Gasteiger charge is 2.76. The van der Waals surface area contributed by atoms with Gasteiger partial charge in [-0.15, -0.1) is 0 Å². The minimum atomic E-state index is -5.08. The van der Waals surface area contributed by atoms with Gasteiger partial charge in [-0.25, -0.2) is 4.57 Å². The molecule has 1 aromatic heterocycles. The summed E-state index contributed by atoms with van der Waals surface area (Å²) < 4.78 is 35.7. The van der Waals surface area contributed by atoms with Crippen LogP contribution in [0.25, 0.3) is 0 Å². The van der Waals surface area contributed by atoms with Crippen molar-refractivity contribution >= 4 is 64.7 Å². The molecule has 4 fully saturated rings. The molecule has 0 radical (unpaired) electrons. The number of fused-ring (bicyclic) bond motifs is 7. The SMILES string of the molecule is C[C@]12C=CC(=O)C=C1CC[C@@H]1[C@@H]2[C@@H](O)C[C@@]2(C)[C@H]1C[C@H]1O[C@@H](c3coc(Cc4ccc(CO)c(NC(=O)[C@H](CCC(=O)O)NC(=O)CNC(=O)CBr)c4)c3)O[C@]12C(=O)COP(=O)(O)O. The molecule has 10 atom stereocenters. The Morgan fingerprint density at radius 3 is 2.58 bits per heavy atom. The Bertz CT molecular complexity index is 2330. The lowest BCUT2D eigenvalue weighted by Crippen LogP contribution is -2.63. The van der Waals surface area contributed by atoms with Crippen LogP contribution in [-0.4, -0.2) is 103 Å². The van der Waals surface area contributed by atoms with Gasteiger partial charge in [0.15, 0.2) is 23.5 Å². The second kappa shape index (κ2) is 18.5. The third-order valence-electron chi connectivity index (χ3n) is 13.8. The summed E-state index contributed by atoms with van der Waals surface area (Å²) in [6.45, 7) is 1.98. The highest BCUT2D eigenvalue weighted by Crippen LogP contribution is 2.70. The number of ether oxygens (including phenoxy) is 2. The Balaban J connectivity index is 1.10. The number of carboxylic acid groups (broad SMARTS) is 1. The van der Waals surface area contributed by atoms with Crippen LogP contribution >= 0.6 is 23.8 Å². The van der Waals surface area contributed by atoms with Crippen LogP contribution in [0.1, 0.15) is 81.1 Å². The first kappa shape index (κ1) is 47.6. The second-order valence-corrected chi connectivity index (χ2v) is 19.4. The minimum absolute atomic E-state index is 0.0526. The number of amides is 3. The molecule has 3 saturated carbocycles. The number of aliphatic hydroxyl groups is 2. The van der Waals surface area contributed by atoms with Crippen molar-refractivity contribution in [3.63, 3.8) is 0 Å². The molecule has 8 N–H and O–H groups in total. The van der Waals surface area contributed by atoms with Crippen molar-refractivity contribution in [3.8, 4) is 0 Å². The number of halogens is 1. The number of nitrogens with one attached hydrogen (secondary N) is 3. The Kier molecular flexibility index (Phi) is 13.7. The molecule has 346 valence electrons. The third-order valence-corrected chi connectivity index (χ3v) is 14.8. The monoisotopic (exact) mass is 975 g/mol. The molecule has 3 amide bonds. The van der Waals surface area contributed by atoms with Gasteiger partial charge in [-0.05, 0) is 73.8 Å². The van der Waals surface area contributed by atoms with Crippen LogP contribution in [0.15, 0.2) is 58.7 Å². The fraction of sp³-hybridized carbons (Fsp3) is 0.535. The highest BCUT2D eigenvalue weighted by atomic mass is 79.9. The minimum Gasteiger partial charge on any atom is -0.481 e. The number of rotatable bonds is 17. The van der Waals surface area contributed by atoms with E-state index in [0.29, 0.717) is 41.7 Å². The average molecular weight is 977 g/mol. The first-order valence-corrected chi connectivity index (χ1v) is 23.5. The largest absolute Gasteiger partial charge is 0.481 e. The van der Waals surface area contributed by atoms with Crippen LogP contribution < -0.4 is 16.0 Å². The lowest BCUT2D eigenvalue weighted by Gasteiger charge is -2.59. The van der Waals surface area contributed by atoms with E-state index in [4.69, 9.17) is 18.4 Å². The third kappa shape index (κ3) is 9.21. The number of allylic oxidation sites excluding steroid dienone is 4. The Morgan fingerprint density at radius 1 is 1.11 bits per heavy atom. The van der Waals surface area contributed by atoms with E-state index < -0.39 is 104 Å². The Labute approximate surface area is 375 Å². The predicted octanol–water partition coefficient (Wildman–Crippen LogP) is 2.88. The van der Waals surface area contributed by atoms with E-state index in [2.05, 4.69) is 31.9 Å². The number of aliphatic carboxylic acids is 1. The van der Waals surface area contributed by atoms with E-state index >= 15 is 0 Å². The van der Waals surface area contributed by atoms with Gasteiger partial charge in [0, 0.05) is 46.4 Å². The van der Waals surface area contributed by atoms with Gasteiger partial charge >= 0.3 is 13.8 Å². The van der Waals surface area contributed by atoms with Crippen molar-refractivity contribution < 1.29 is 76.9 Å². The molecular weight excluding hydrogens is 925 g/mol. The van der Waals surface area contributed by atoms with Gasteiger partial charge in [0.1, 0.15) is 18.4 Å². The van der Waals surface area contributed by atoms with Crippen molar-refractivity contribution in [1.29, 1.82) is 0 Å². The maximum absolute atomic E-state index is 14.4. The number of benzene rings is 1. The molecule has 2 heterocycles. The number of aliphatic hydroxyl groups excluding tert-OH is 2. The zero-order chi connectivity index (χ0) is 46.4. The molecule has 1 saturated heterocycles. The van der Waals surface area contributed by atoms with Crippen LogP contribution in [0.2, 0.25) is 0 Å². The fourth-order valence-corrected chi connectivity index (χ4v) is 11.5.